The Bertz CT molecular complexity index is 141. The maximum absolute atomic E-state index is 11.1. The highest BCUT2D eigenvalue weighted by Gasteiger charge is 2.16. The Balaban J connectivity index is 2.08. The van der Waals surface area contributed by atoms with E-state index >= 15 is 0 Å². The number of rotatable bonds is 4. The molecular formula is C9H16NO2. The monoisotopic (exact) mass is 170 g/mol. The Kier molecular flexibility index (Phi) is 4.08. The van der Waals surface area contributed by atoms with Gasteiger partial charge >= 0.3 is 0 Å². The molecule has 0 saturated heterocycles. The van der Waals surface area contributed by atoms with E-state index < -0.39 is 0 Å². The molecule has 69 valence electrons. The third kappa shape index (κ3) is 3.22. The zero-order valence-corrected chi connectivity index (χ0v) is 7.51. The summed E-state index contributed by atoms with van der Waals surface area (Å²) in [6.45, 7) is 3.68. The van der Waals surface area contributed by atoms with Gasteiger partial charge in [0.25, 0.3) is 5.91 Å². The smallest absolute Gasteiger partial charge is 0.252 e. The Morgan fingerprint density at radius 1 is 1.58 bits per heavy atom. The molecule has 3 heteroatoms. The lowest BCUT2D eigenvalue weighted by Crippen LogP contribution is -2.33. The van der Waals surface area contributed by atoms with Crippen LogP contribution in [0.5, 0.6) is 0 Å². The van der Waals surface area contributed by atoms with Crippen LogP contribution < -0.4 is 5.32 Å². The Labute approximate surface area is 73.5 Å². The van der Waals surface area contributed by atoms with Crippen LogP contribution in [-0.2, 0) is 9.53 Å². The summed E-state index contributed by atoms with van der Waals surface area (Å²) in [6, 6.07) is 0.384. The molecule has 0 unspecified atom stereocenters. The largest absolute Gasteiger partial charge is 0.365 e. The molecule has 1 N–H and O–H groups in total. The fourth-order valence-electron chi connectivity index (χ4n) is 1.46. The second-order valence-corrected chi connectivity index (χ2v) is 3.06. The highest BCUT2D eigenvalue weighted by Crippen LogP contribution is 2.17. The van der Waals surface area contributed by atoms with Crippen LogP contribution >= 0.6 is 0 Å². The van der Waals surface area contributed by atoms with Gasteiger partial charge in [0.2, 0.25) is 0 Å². The fourth-order valence-corrected chi connectivity index (χ4v) is 1.46. The van der Waals surface area contributed by atoms with E-state index in [0.29, 0.717) is 12.6 Å². The first-order valence-electron chi connectivity index (χ1n) is 4.58. The molecule has 1 amide bonds. The van der Waals surface area contributed by atoms with Gasteiger partial charge in [0.15, 0.2) is 6.61 Å². The van der Waals surface area contributed by atoms with Crippen molar-refractivity contribution in [3.63, 3.8) is 0 Å². The van der Waals surface area contributed by atoms with Gasteiger partial charge in [-0.3, -0.25) is 4.79 Å². The molecule has 0 aromatic heterocycles. The van der Waals surface area contributed by atoms with Gasteiger partial charge in [0.05, 0.1) is 0 Å². The summed E-state index contributed by atoms with van der Waals surface area (Å²) in [5.74, 6) is -0.0937. The molecule has 1 aliphatic rings. The van der Waals surface area contributed by atoms with E-state index in [-0.39, 0.29) is 5.91 Å². The van der Waals surface area contributed by atoms with Crippen LogP contribution in [0, 0.1) is 6.61 Å². The summed E-state index contributed by atoms with van der Waals surface area (Å²) in [4.78, 5) is 11.1. The Morgan fingerprint density at radius 3 is 2.83 bits per heavy atom. The van der Waals surface area contributed by atoms with Crippen molar-refractivity contribution in [2.75, 3.05) is 6.61 Å². The normalized spacial score (nSPS) is 18.1. The van der Waals surface area contributed by atoms with Crippen LogP contribution in [0.2, 0.25) is 0 Å². The Hall–Kier alpha value is -0.570. The average molecular weight is 170 g/mol. The number of hydrogen-bond donors (Lipinski definition) is 1. The minimum Gasteiger partial charge on any atom is -0.365 e. The van der Waals surface area contributed by atoms with Gasteiger partial charge in [-0.1, -0.05) is 12.8 Å². The fraction of sp³-hybridized carbons (Fsp3) is 0.778. The van der Waals surface area contributed by atoms with Crippen LogP contribution in [-0.4, -0.2) is 18.6 Å². The lowest BCUT2D eigenvalue weighted by Gasteiger charge is -2.10. The average Bonchev–Trinajstić information content (AvgIpc) is 2.53. The summed E-state index contributed by atoms with van der Waals surface area (Å²) < 4.78 is 4.87. The molecule has 0 bridgehead atoms. The molecule has 1 aliphatic carbocycles. The van der Waals surface area contributed by atoms with Crippen LogP contribution in [0.3, 0.4) is 0 Å². The maximum Gasteiger partial charge on any atom is 0.252 e. The Morgan fingerprint density at radius 2 is 2.25 bits per heavy atom. The SMILES string of the molecule is CCO[CH]C(=O)NC1CCCC1. The van der Waals surface area contributed by atoms with Crippen molar-refractivity contribution in [1.29, 1.82) is 0 Å². The molecule has 0 aromatic carbocycles. The molecule has 0 aromatic rings. The summed E-state index contributed by atoms with van der Waals surface area (Å²) in [5.41, 5.74) is 0. The first-order chi connectivity index (χ1) is 5.83. The molecule has 3 nitrogen and oxygen atoms in total. The van der Waals surface area contributed by atoms with Crippen LogP contribution in [0.4, 0.5) is 0 Å². The van der Waals surface area contributed by atoms with E-state index in [4.69, 9.17) is 4.74 Å². The molecule has 1 rings (SSSR count). The van der Waals surface area contributed by atoms with Crippen molar-refractivity contribution in [1.82, 2.24) is 5.32 Å². The van der Waals surface area contributed by atoms with Crippen LogP contribution in [0.1, 0.15) is 32.6 Å². The summed E-state index contributed by atoms with van der Waals surface area (Å²) in [6.07, 6.45) is 4.70. The van der Waals surface area contributed by atoms with Crippen LogP contribution in [0.15, 0.2) is 0 Å². The quantitative estimate of drug-likeness (QED) is 0.689. The molecule has 1 fully saturated rings. The van der Waals surface area contributed by atoms with E-state index in [2.05, 4.69) is 5.32 Å². The zero-order chi connectivity index (χ0) is 8.81. The number of amides is 1. The van der Waals surface area contributed by atoms with Crippen molar-refractivity contribution in [2.45, 2.75) is 38.6 Å². The number of carbonyl (C=O) groups is 1. The molecule has 1 radical (unpaired) electrons. The molecule has 12 heavy (non-hydrogen) atoms. The van der Waals surface area contributed by atoms with E-state index in [1.807, 2.05) is 6.92 Å². The minimum atomic E-state index is -0.0937. The van der Waals surface area contributed by atoms with Gasteiger partial charge < -0.3 is 10.1 Å². The summed E-state index contributed by atoms with van der Waals surface area (Å²) in [5, 5.41) is 2.89. The van der Waals surface area contributed by atoms with Gasteiger partial charge in [-0.25, -0.2) is 0 Å². The first-order valence-corrected chi connectivity index (χ1v) is 4.58. The molecule has 0 heterocycles. The van der Waals surface area contributed by atoms with Crippen molar-refractivity contribution in [2.24, 2.45) is 0 Å². The van der Waals surface area contributed by atoms with Crippen LogP contribution in [0.25, 0.3) is 0 Å². The van der Waals surface area contributed by atoms with Crippen molar-refractivity contribution >= 4 is 5.91 Å². The number of carbonyl (C=O) groups excluding carboxylic acids is 1. The lowest BCUT2D eigenvalue weighted by atomic mass is 10.2. The second kappa shape index (κ2) is 5.14. The molecule has 0 aliphatic heterocycles. The van der Waals surface area contributed by atoms with Gasteiger partial charge in [-0.2, -0.15) is 0 Å². The predicted molar refractivity (Wildman–Crippen MR) is 46.3 cm³/mol. The molecule has 1 saturated carbocycles. The second-order valence-electron chi connectivity index (χ2n) is 3.06. The number of hydrogen-bond acceptors (Lipinski definition) is 2. The summed E-state index contributed by atoms with van der Waals surface area (Å²) >= 11 is 0. The van der Waals surface area contributed by atoms with Crippen molar-refractivity contribution < 1.29 is 9.53 Å². The molecule has 0 atom stereocenters. The van der Waals surface area contributed by atoms with Crippen molar-refractivity contribution in [3.8, 4) is 0 Å². The van der Waals surface area contributed by atoms with Gasteiger partial charge in [-0.15, -0.1) is 0 Å². The third-order valence-electron chi connectivity index (χ3n) is 2.06. The van der Waals surface area contributed by atoms with Crippen molar-refractivity contribution in [3.05, 3.63) is 6.61 Å². The summed E-state index contributed by atoms with van der Waals surface area (Å²) in [7, 11) is 0. The van der Waals surface area contributed by atoms with E-state index in [0.717, 1.165) is 12.8 Å². The van der Waals surface area contributed by atoms with E-state index in [9.17, 15) is 4.79 Å². The maximum atomic E-state index is 11.1. The lowest BCUT2D eigenvalue weighted by molar-refractivity contribution is -0.122. The topological polar surface area (TPSA) is 38.3 Å². The molecule has 0 spiro atoms. The number of nitrogens with one attached hydrogen (secondary N) is 1. The van der Waals surface area contributed by atoms with E-state index in [1.54, 1.807) is 0 Å². The first kappa shape index (κ1) is 9.52. The molecular weight excluding hydrogens is 154 g/mol. The zero-order valence-electron chi connectivity index (χ0n) is 7.51. The van der Waals surface area contributed by atoms with Gasteiger partial charge in [-0.05, 0) is 19.8 Å². The predicted octanol–water partition coefficient (Wildman–Crippen LogP) is 1.24. The standard InChI is InChI=1S/C9H16NO2/c1-2-12-7-9(11)10-8-5-3-4-6-8/h7-8H,2-6H2,1H3,(H,10,11). The number of ether oxygens (including phenoxy) is 1. The van der Waals surface area contributed by atoms with Gasteiger partial charge in [0.1, 0.15) is 0 Å². The van der Waals surface area contributed by atoms with E-state index in [1.165, 1.54) is 19.4 Å². The highest BCUT2D eigenvalue weighted by atomic mass is 16.5. The van der Waals surface area contributed by atoms with Gasteiger partial charge in [0, 0.05) is 12.6 Å². The minimum absolute atomic E-state index is 0.0937. The highest BCUT2D eigenvalue weighted by molar-refractivity contribution is 5.83. The third-order valence-corrected chi connectivity index (χ3v) is 2.06.